The Morgan fingerprint density at radius 1 is 1.02 bits per heavy atom. The Morgan fingerprint density at radius 2 is 1.76 bits per heavy atom. The van der Waals surface area contributed by atoms with Crippen LogP contribution in [0.2, 0.25) is 0 Å². The van der Waals surface area contributed by atoms with E-state index in [0.717, 1.165) is 87.1 Å². The van der Waals surface area contributed by atoms with Crippen molar-refractivity contribution < 1.29 is 19.1 Å². The number of aromatic nitrogens is 2. The number of hydrogen-bond donors (Lipinski definition) is 1. The van der Waals surface area contributed by atoms with E-state index < -0.39 is 0 Å². The Morgan fingerprint density at radius 3 is 2.43 bits per heavy atom. The molecule has 42 heavy (non-hydrogen) atoms. The fourth-order valence-electron chi connectivity index (χ4n) is 7.96. The predicted octanol–water partition coefficient (Wildman–Crippen LogP) is 7.11. The Kier molecular flexibility index (Phi) is 7.12. The van der Waals surface area contributed by atoms with Crippen molar-refractivity contribution in [3.8, 4) is 17.0 Å². The smallest absolute Gasteiger partial charge is 0.231 e. The number of rotatable bonds is 8. The van der Waals surface area contributed by atoms with Crippen molar-refractivity contribution in [1.82, 2.24) is 9.97 Å². The first kappa shape index (κ1) is 27.6. The van der Waals surface area contributed by atoms with Crippen LogP contribution < -0.4 is 9.64 Å². The fourth-order valence-corrected chi connectivity index (χ4v) is 7.96. The molecule has 8 rings (SSSR count). The molecular formula is C35H43N3O4. The molecule has 2 bridgehead atoms. The van der Waals surface area contributed by atoms with Crippen LogP contribution in [0.15, 0.2) is 47.2 Å². The molecule has 5 aliphatic rings. The second kappa shape index (κ2) is 10.8. The van der Waals surface area contributed by atoms with Gasteiger partial charge in [-0.15, -0.1) is 0 Å². The minimum absolute atomic E-state index is 0.0719. The summed E-state index contributed by atoms with van der Waals surface area (Å²) < 4.78 is 11.3. The molecule has 0 saturated heterocycles. The minimum atomic E-state index is -0.290. The van der Waals surface area contributed by atoms with Gasteiger partial charge in [0.2, 0.25) is 5.91 Å². The van der Waals surface area contributed by atoms with Gasteiger partial charge in [-0.3, -0.25) is 9.69 Å². The topological polar surface area (TPSA) is 88.7 Å². The van der Waals surface area contributed by atoms with E-state index in [4.69, 9.17) is 19.1 Å². The van der Waals surface area contributed by atoms with Gasteiger partial charge in [0.05, 0.1) is 13.2 Å². The molecule has 2 heterocycles. The summed E-state index contributed by atoms with van der Waals surface area (Å²) in [5, 5.41) is 10.1. The van der Waals surface area contributed by atoms with Gasteiger partial charge >= 0.3 is 0 Å². The van der Waals surface area contributed by atoms with E-state index in [2.05, 4.69) is 25.1 Å². The summed E-state index contributed by atoms with van der Waals surface area (Å²) in [6.45, 7) is 2.83. The van der Waals surface area contributed by atoms with E-state index in [0.29, 0.717) is 31.1 Å². The summed E-state index contributed by atoms with van der Waals surface area (Å²) in [4.78, 5) is 25.8. The number of nitrogens with zero attached hydrogens (tertiary/aromatic N) is 3. The number of anilines is 1. The van der Waals surface area contributed by atoms with Crippen molar-refractivity contribution in [2.45, 2.75) is 101 Å². The van der Waals surface area contributed by atoms with Crippen LogP contribution in [0.3, 0.4) is 0 Å². The largest absolute Gasteiger partial charge is 0.496 e. The van der Waals surface area contributed by atoms with Gasteiger partial charge in [-0.05, 0) is 124 Å². The molecule has 3 aromatic rings. The Balaban J connectivity index is 1.15. The zero-order chi connectivity index (χ0) is 28.9. The fraction of sp³-hybridized carbons (Fsp3) is 0.571. The molecule has 7 heteroatoms. The summed E-state index contributed by atoms with van der Waals surface area (Å²) in [5.74, 6) is 3.01. The highest BCUT2D eigenvalue weighted by atomic mass is 16.5. The van der Waals surface area contributed by atoms with Gasteiger partial charge in [0, 0.05) is 30.1 Å². The van der Waals surface area contributed by atoms with Crippen molar-refractivity contribution in [1.29, 1.82) is 0 Å². The Bertz CT molecular complexity index is 1430. The number of hydrogen-bond acceptors (Lipinski definition) is 6. The molecule has 0 aliphatic heterocycles. The maximum Gasteiger partial charge on any atom is 0.231 e. The molecule has 5 fully saturated rings. The highest BCUT2D eigenvalue weighted by Gasteiger charge is 2.51. The predicted molar refractivity (Wildman–Crippen MR) is 162 cm³/mol. The summed E-state index contributed by atoms with van der Waals surface area (Å²) in [6.07, 6.45) is 15.1. The van der Waals surface area contributed by atoms with E-state index in [1.165, 1.54) is 11.1 Å². The number of ether oxygens (including phenoxy) is 1. The van der Waals surface area contributed by atoms with Gasteiger partial charge < -0.3 is 14.3 Å². The van der Waals surface area contributed by atoms with Crippen LogP contribution in [-0.2, 0) is 10.2 Å². The number of aliphatic hydroxyl groups excluding tert-OH is 1. The maximum atomic E-state index is 14.2. The third-order valence-electron chi connectivity index (χ3n) is 11.0. The quantitative estimate of drug-likeness (QED) is 0.311. The normalized spacial score (nSPS) is 28.9. The van der Waals surface area contributed by atoms with Gasteiger partial charge in [0.25, 0.3) is 0 Å². The third kappa shape index (κ3) is 5.14. The number of aliphatic hydroxyl groups is 1. The summed E-state index contributed by atoms with van der Waals surface area (Å²) >= 11 is 0. The van der Waals surface area contributed by atoms with E-state index in [9.17, 15) is 9.90 Å². The van der Waals surface area contributed by atoms with Crippen molar-refractivity contribution in [3.63, 3.8) is 0 Å². The van der Waals surface area contributed by atoms with Crippen molar-refractivity contribution in [2.24, 2.45) is 11.3 Å². The molecule has 0 radical (unpaired) electrons. The zero-order valence-electron chi connectivity index (χ0n) is 25.0. The van der Waals surface area contributed by atoms with Gasteiger partial charge in [0.1, 0.15) is 23.5 Å². The first-order chi connectivity index (χ1) is 20.4. The summed E-state index contributed by atoms with van der Waals surface area (Å²) in [5.41, 5.74) is 4.70. The molecule has 222 valence electrons. The number of aryl methyl sites for hydroxylation is 1. The maximum absolute atomic E-state index is 14.2. The number of benzene rings is 1. The lowest BCUT2D eigenvalue weighted by atomic mass is 9.51. The lowest BCUT2D eigenvalue weighted by molar-refractivity contribution is -0.124. The molecule has 1 aromatic carbocycles. The number of pyridine rings is 1. The summed E-state index contributed by atoms with van der Waals surface area (Å²) in [6, 6.07) is 10.7. The number of fused-ring (bicyclic) bond motifs is 3. The highest BCUT2D eigenvalue weighted by Crippen LogP contribution is 2.58. The first-order valence-corrected chi connectivity index (χ1v) is 15.9. The average molecular weight is 570 g/mol. The summed E-state index contributed by atoms with van der Waals surface area (Å²) in [7, 11) is 1.74. The average Bonchev–Trinajstić information content (AvgIpc) is 3.76. The molecule has 7 nitrogen and oxygen atoms in total. The van der Waals surface area contributed by atoms with E-state index in [1.54, 1.807) is 19.6 Å². The van der Waals surface area contributed by atoms with E-state index in [1.807, 2.05) is 17.0 Å². The number of oxazole rings is 1. The van der Waals surface area contributed by atoms with Crippen LogP contribution >= 0.6 is 0 Å². The molecule has 0 unspecified atom stereocenters. The van der Waals surface area contributed by atoms with E-state index >= 15 is 0 Å². The lowest BCUT2D eigenvalue weighted by Gasteiger charge is -2.55. The Hall–Kier alpha value is -3.19. The van der Waals surface area contributed by atoms with Crippen molar-refractivity contribution in [2.75, 3.05) is 18.6 Å². The molecule has 1 amide bonds. The van der Waals surface area contributed by atoms with Gasteiger partial charge in [0.15, 0.2) is 5.89 Å². The van der Waals surface area contributed by atoms with Crippen LogP contribution in [0, 0.1) is 18.3 Å². The standard InChI is InChI=1S/C35H43N3O4/c1-23-19-27(7-10-30(23)41-2)35-15-12-34(13-16-35,14-17-35)22-38(33(40)25-5-8-28(39)9-6-25)31-20-26(11-18-36-31)29-21-42-32(37-29)24-3-4-24/h7,10-11,18-21,24-25,28,39H,3-6,8-9,12-17,22H2,1-2H3. The van der Waals surface area contributed by atoms with Gasteiger partial charge in [-0.25, -0.2) is 9.97 Å². The molecular weight excluding hydrogens is 526 g/mol. The Labute approximate surface area is 248 Å². The number of carbonyl (C=O) groups is 1. The van der Waals surface area contributed by atoms with Crippen LogP contribution in [0.1, 0.15) is 100.0 Å². The third-order valence-corrected chi connectivity index (χ3v) is 11.0. The molecule has 2 aromatic heterocycles. The molecule has 0 spiro atoms. The van der Waals surface area contributed by atoms with Crippen LogP contribution in [0.4, 0.5) is 5.82 Å². The molecule has 5 aliphatic carbocycles. The zero-order valence-corrected chi connectivity index (χ0v) is 25.0. The van der Waals surface area contributed by atoms with Gasteiger partial charge in [-0.2, -0.15) is 0 Å². The van der Waals surface area contributed by atoms with Crippen molar-refractivity contribution in [3.05, 3.63) is 59.8 Å². The van der Waals surface area contributed by atoms with Crippen molar-refractivity contribution >= 4 is 11.7 Å². The highest BCUT2D eigenvalue weighted by molar-refractivity contribution is 5.94. The number of carbonyl (C=O) groups excluding carboxylic acids is 1. The van der Waals surface area contributed by atoms with Crippen LogP contribution in [0.25, 0.3) is 11.3 Å². The number of amides is 1. The second-order valence-electron chi connectivity index (χ2n) is 13.6. The molecule has 5 saturated carbocycles. The lowest BCUT2D eigenvalue weighted by Crippen LogP contribution is -2.52. The van der Waals surface area contributed by atoms with E-state index in [-0.39, 0.29) is 28.8 Å². The SMILES string of the molecule is COc1ccc(C23CCC(CN(C(=O)C4CCC(O)CC4)c4cc(-c5coc(C6CC6)n5)ccn4)(CC2)CC3)cc1C. The monoisotopic (exact) mass is 569 g/mol. The molecule has 1 N–H and O–H groups in total. The minimum Gasteiger partial charge on any atom is -0.496 e. The van der Waals surface area contributed by atoms with Crippen LogP contribution in [0.5, 0.6) is 5.75 Å². The number of methoxy groups -OCH3 is 1. The van der Waals surface area contributed by atoms with Crippen LogP contribution in [-0.4, -0.2) is 40.7 Å². The van der Waals surface area contributed by atoms with Gasteiger partial charge in [-0.1, -0.05) is 12.1 Å². The first-order valence-electron chi connectivity index (χ1n) is 15.9. The second-order valence-corrected chi connectivity index (χ2v) is 13.6. The molecule has 0 atom stereocenters.